The van der Waals surface area contributed by atoms with Crippen LogP contribution in [-0.4, -0.2) is 5.26 Å². The molecule has 1 N–H and O–H groups in total. The van der Waals surface area contributed by atoms with E-state index < -0.39 is 0 Å². The number of nitriles is 1. The normalized spacial score (nSPS) is 8.40. The fourth-order valence-electron chi connectivity index (χ4n) is 0.639. The molecule has 0 radical (unpaired) electrons. The molecular formula is C7H5NO2. The van der Waals surface area contributed by atoms with Crippen LogP contribution in [0.4, 0.5) is 0 Å². The van der Waals surface area contributed by atoms with Crippen LogP contribution in [0.5, 0.6) is 5.75 Å². The summed E-state index contributed by atoms with van der Waals surface area (Å²) in [4.78, 5) is 3.91. The van der Waals surface area contributed by atoms with Crippen LogP contribution in [0.25, 0.3) is 0 Å². The Hall–Kier alpha value is -1.53. The lowest BCUT2D eigenvalue weighted by molar-refractivity contribution is -0.137. The summed E-state index contributed by atoms with van der Waals surface area (Å²) in [6.07, 6.45) is 0. The number of para-hydroxylation sites is 1. The maximum Gasteiger partial charge on any atom is 0.182 e. The topological polar surface area (TPSA) is 53.2 Å². The van der Waals surface area contributed by atoms with Gasteiger partial charge in [0.1, 0.15) is 6.07 Å². The van der Waals surface area contributed by atoms with Crippen molar-refractivity contribution in [3.05, 3.63) is 29.8 Å². The van der Waals surface area contributed by atoms with Crippen LogP contribution >= 0.6 is 0 Å². The molecule has 1 aromatic carbocycles. The molecule has 0 aliphatic carbocycles. The minimum absolute atomic E-state index is 0.185. The number of benzene rings is 1. The highest BCUT2D eigenvalue weighted by Crippen LogP contribution is 2.14. The molecule has 0 atom stereocenters. The zero-order chi connectivity index (χ0) is 7.40. The number of nitrogens with zero attached hydrogens (tertiary/aromatic N) is 1. The van der Waals surface area contributed by atoms with Crippen LogP contribution in [0, 0.1) is 11.3 Å². The molecule has 10 heavy (non-hydrogen) atoms. The average molecular weight is 135 g/mol. The minimum atomic E-state index is 0.185. The SMILES string of the molecule is N#Cc1ccccc1OO. The zero-order valence-corrected chi connectivity index (χ0v) is 5.11. The van der Waals surface area contributed by atoms with Gasteiger partial charge in [0.25, 0.3) is 0 Å². The Morgan fingerprint density at radius 3 is 2.60 bits per heavy atom. The van der Waals surface area contributed by atoms with Gasteiger partial charge in [-0.05, 0) is 12.1 Å². The molecule has 1 rings (SSSR count). The molecule has 3 heteroatoms. The summed E-state index contributed by atoms with van der Waals surface area (Å²) in [5, 5.41) is 16.6. The monoisotopic (exact) mass is 135 g/mol. The fourth-order valence-corrected chi connectivity index (χ4v) is 0.639. The van der Waals surface area contributed by atoms with E-state index in [1.165, 1.54) is 6.07 Å². The van der Waals surface area contributed by atoms with Crippen molar-refractivity contribution in [2.45, 2.75) is 0 Å². The van der Waals surface area contributed by atoms with E-state index in [4.69, 9.17) is 10.5 Å². The van der Waals surface area contributed by atoms with E-state index >= 15 is 0 Å². The average Bonchev–Trinajstić information content (AvgIpc) is 2.04. The predicted octanol–water partition coefficient (Wildman–Crippen LogP) is 1.41. The lowest BCUT2D eigenvalue weighted by atomic mass is 10.2. The molecule has 0 aliphatic heterocycles. The second-order valence-electron chi connectivity index (χ2n) is 1.70. The molecule has 50 valence electrons. The molecule has 0 amide bonds. The van der Waals surface area contributed by atoms with Crippen LogP contribution in [0.2, 0.25) is 0 Å². The number of hydrogen-bond acceptors (Lipinski definition) is 3. The smallest absolute Gasteiger partial charge is 0.182 e. The van der Waals surface area contributed by atoms with Gasteiger partial charge < -0.3 is 4.89 Å². The van der Waals surface area contributed by atoms with Crippen LogP contribution < -0.4 is 4.89 Å². The summed E-state index contributed by atoms with van der Waals surface area (Å²) in [6, 6.07) is 8.30. The fraction of sp³-hybridized carbons (Fsp3) is 0. The molecule has 0 bridgehead atoms. The Morgan fingerprint density at radius 1 is 1.40 bits per heavy atom. The predicted molar refractivity (Wildman–Crippen MR) is 34.4 cm³/mol. The van der Waals surface area contributed by atoms with E-state index in [-0.39, 0.29) is 5.75 Å². The second kappa shape index (κ2) is 2.85. The van der Waals surface area contributed by atoms with Gasteiger partial charge in [0, 0.05) is 0 Å². The van der Waals surface area contributed by atoms with Gasteiger partial charge in [-0.3, -0.25) is 0 Å². The van der Waals surface area contributed by atoms with E-state index in [2.05, 4.69) is 4.89 Å². The second-order valence-corrected chi connectivity index (χ2v) is 1.70. The van der Waals surface area contributed by atoms with Crippen LogP contribution in [0.15, 0.2) is 24.3 Å². The third kappa shape index (κ3) is 1.07. The van der Waals surface area contributed by atoms with Gasteiger partial charge in [-0.2, -0.15) is 5.26 Å². The van der Waals surface area contributed by atoms with Gasteiger partial charge in [-0.25, -0.2) is 5.26 Å². The summed E-state index contributed by atoms with van der Waals surface area (Å²) in [7, 11) is 0. The molecule has 3 nitrogen and oxygen atoms in total. The summed E-state index contributed by atoms with van der Waals surface area (Å²) >= 11 is 0. The first kappa shape index (κ1) is 6.59. The largest absolute Gasteiger partial charge is 0.339 e. The lowest BCUT2D eigenvalue weighted by Crippen LogP contribution is -1.86. The van der Waals surface area contributed by atoms with Crippen LogP contribution in [0.1, 0.15) is 5.56 Å². The van der Waals surface area contributed by atoms with Gasteiger partial charge in [0.2, 0.25) is 0 Å². The molecule has 0 heterocycles. The van der Waals surface area contributed by atoms with Crippen molar-refractivity contribution < 1.29 is 10.1 Å². The van der Waals surface area contributed by atoms with Crippen LogP contribution in [-0.2, 0) is 0 Å². The van der Waals surface area contributed by atoms with Crippen molar-refractivity contribution in [1.82, 2.24) is 0 Å². The standard InChI is InChI=1S/C7H5NO2/c8-5-6-3-1-2-4-7(6)10-9/h1-4,9H. The Balaban J connectivity index is 3.12. The van der Waals surface area contributed by atoms with Gasteiger partial charge >= 0.3 is 0 Å². The summed E-state index contributed by atoms with van der Waals surface area (Å²) in [5.74, 6) is 0.185. The summed E-state index contributed by atoms with van der Waals surface area (Å²) < 4.78 is 0. The van der Waals surface area contributed by atoms with Gasteiger partial charge in [-0.15, -0.1) is 0 Å². The maximum absolute atomic E-state index is 8.41. The third-order valence-electron chi connectivity index (χ3n) is 1.11. The van der Waals surface area contributed by atoms with Crippen molar-refractivity contribution >= 4 is 0 Å². The van der Waals surface area contributed by atoms with E-state index in [9.17, 15) is 0 Å². The van der Waals surface area contributed by atoms with Crippen molar-refractivity contribution in [3.63, 3.8) is 0 Å². The quantitative estimate of drug-likeness (QED) is 0.468. The van der Waals surface area contributed by atoms with E-state index in [0.29, 0.717) is 5.56 Å². The van der Waals surface area contributed by atoms with Crippen molar-refractivity contribution in [2.75, 3.05) is 0 Å². The Bertz CT molecular complexity index is 265. The molecular weight excluding hydrogens is 130 g/mol. The molecule has 0 saturated heterocycles. The highest BCUT2D eigenvalue weighted by Gasteiger charge is 1.98. The minimum Gasteiger partial charge on any atom is -0.339 e. The first-order valence-corrected chi connectivity index (χ1v) is 2.69. The Morgan fingerprint density at radius 2 is 2.10 bits per heavy atom. The molecule has 0 spiro atoms. The van der Waals surface area contributed by atoms with Crippen molar-refractivity contribution in [2.24, 2.45) is 0 Å². The highest BCUT2D eigenvalue weighted by molar-refractivity contribution is 5.41. The van der Waals surface area contributed by atoms with Gasteiger partial charge in [0.15, 0.2) is 5.75 Å². The maximum atomic E-state index is 8.41. The zero-order valence-electron chi connectivity index (χ0n) is 5.11. The molecule has 1 aromatic rings. The summed E-state index contributed by atoms with van der Waals surface area (Å²) in [5.41, 5.74) is 0.324. The lowest BCUT2D eigenvalue weighted by Gasteiger charge is -1.95. The first-order valence-electron chi connectivity index (χ1n) is 2.69. The first-order chi connectivity index (χ1) is 4.88. The van der Waals surface area contributed by atoms with E-state index in [1.807, 2.05) is 6.07 Å². The third-order valence-corrected chi connectivity index (χ3v) is 1.11. The molecule has 0 aromatic heterocycles. The summed E-state index contributed by atoms with van der Waals surface area (Å²) in [6.45, 7) is 0. The highest BCUT2D eigenvalue weighted by atomic mass is 17.1. The van der Waals surface area contributed by atoms with E-state index in [0.717, 1.165) is 0 Å². The van der Waals surface area contributed by atoms with Crippen molar-refractivity contribution in [3.8, 4) is 11.8 Å². The number of hydrogen-bond donors (Lipinski definition) is 1. The Labute approximate surface area is 58.0 Å². The van der Waals surface area contributed by atoms with Gasteiger partial charge in [-0.1, -0.05) is 12.1 Å². The molecule has 0 saturated carbocycles. The molecule has 0 aliphatic rings. The molecule has 0 fully saturated rings. The van der Waals surface area contributed by atoms with Gasteiger partial charge in [0.05, 0.1) is 5.56 Å². The van der Waals surface area contributed by atoms with E-state index in [1.54, 1.807) is 18.2 Å². The Kier molecular flexibility index (Phi) is 1.88. The number of rotatable bonds is 1. The van der Waals surface area contributed by atoms with Crippen molar-refractivity contribution in [1.29, 1.82) is 5.26 Å². The molecule has 0 unspecified atom stereocenters. The van der Waals surface area contributed by atoms with Crippen LogP contribution in [0.3, 0.4) is 0 Å².